The summed E-state index contributed by atoms with van der Waals surface area (Å²) in [6.45, 7) is 0. The monoisotopic (exact) mass is 184 g/mol. The molecule has 0 atom stereocenters. The fourth-order valence-corrected chi connectivity index (χ4v) is 1.89. The van der Waals surface area contributed by atoms with Gasteiger partial charge in [0.15, 0.2) is 5.78 Å². The predicted molar refractivity (Wildman–Crippen MR) is 54.0 cm³/mol. The zero-order chi connectivity index (χ0) is 9.54. The van der Waals surface area contributed by atoms with Crippen LogP contribution in [0.2, 0.25) is 0 Å². The van der Waals surface area contributed by atoms with E-state index >= 15 is 0 Å². The average molecular weight is 184 g/mol. The molecule has 1 heterocycles. The van der Waals surface area contributed by atoms with Crippen LogP contribution in [0.1, 0.15) is 11.1 Å². The number of allylic oxidation sites excluding steroid dienone is 1. The molecule has 1 aliphatic rings. The van der Waals surface area contributed by atoms with Gasteiger partial charge in [-0.25, -0.2) is 0 Å². The molecule has 68 valence electrons. The Kier molecular flexibility index (Phi) is 1.39. The molecule has 3 rings (SSSR count). The summed E-state index contributed by atoms with van der Waals surface area (Å²) >= 11 is 0. The van der Waals surface area contributed by atoms with Crippen molar-refractivity contribution in [2.75, 3.05) is 0 Å². The lowest BCUT2D eigenvalue weighted by Crippen LogP contribution is -2.05. The Morgan fingerprint density at radius 1 is 1.14 bits per heavy atom. The van der Waals surface area contributed by atoms with Gasteiger partial charge in [0.1, 0.15) is 5.58 Å². The first-order valence-electron chi connectivity index (χ1n) is 4.54. The SMILES string of the molecule is O=C1C=Cc2ccc3occc3c2C1. The van der Waals surface area contributed by atoms with E-state index in [1.165, 1.54) is 0 Å². The van der Waals surface area contributed by atoms with Crippen LogP contribution >= 0.6 is 0 Å². The molecule has 1 aromatic heterocycles. The summed E-state index contributed by atoms with van der Waals surface area (Å²) in [6, 6.07) is 5.85. The molecule has 1 aromatic carbocycles. The quantitative estimate of drug-likeness (QED) is 0.629. The maximum absolute atomic E-state index is 11.3. The Labute approximate surface area is 80.8 Å². The number of fused-ring (bicyclic) bond motifs is 3. The van der Waals surface area contributed by atoms with Crippen molar-refractivity contribution >= 4 is 22.8 Å². The Bertz CT molecular complexity index is 546. The minimum absolute atomic E-state index is 0.159. The van der Waals surface area contributed by atoms with E-state index in [0.717, 1.165) is 22.1 Å². The van der Waals surface area contributed by atoms with Gasteiger partial charge >= 0.3 is 0 Å². The molecule has 0 fully saturated rings. The van der Waals surface area contributed by atoms with Crippen LogP contribution in [-0.4, -0.2) is 5.78 Å². The van der Waals surface area contributed by atoms with Crippen LogP contribution in [0, 0.1) is 0 Å². The van der Waals surface area contributed by atoms with Crippen molar-refractivity contribution in [1.82, 2.24) is 0 Å². The Hall–Kier alpha value is -1.83. The summed E-state index contributed by atoms with van der Waals surface area (Å²) in [4.78, 5) is 11.3. The number of furan rings is 1. The third-order valence-electron chi connectivity index (χ3n) is 2.58. The molecule has 0 amide bonds. The van der Waals surface area contributed by atoms with Crippen molar-refractivity contribution in [3.63, 3.8) is 0 Å². The van der Waals surface area contributed by atoms with Crippen LogP contribution < -0.4 is 0 Å². The van der Waals surface area contributed by atoms with E-state index in [1.54, 1.807) is 12.3 Å². The van der Waals surface area contributed by atoms with Crippen LogP contribution in [0.4, 0.5) is 0 Å². The molecule has 0 unspecified atom stereocenters. The number of rotatable bonds is 0. The second-order valence-corrected chi connectivity index (χ2v) is 3.44. The third kappa shape index (κ3) is 0.940. The Morgan fingerprint density at radius 2 is 2.07 bits per heavy atom. The molecule has 2 heteroatoms. The highest BCUT2D eigenvalue weighted by atomic mass is 16.3. The lowest BCUT2D eigenvalue weighted by atomic mass is 9.94. The van der Waals surface area contributed by atoms with E-state index in [2.05, 4.69) is 0 Å². The van der Waals surface area contributed by atoms with Gasteiger partial charge in [0, 0.05) is 11.8 Å². The molecule has 2 aromatic rings. The van der Waals surface area contributed by atoms with Crippen LogP contribution in [0.25, 0.3) is 17.0 Å². The molecule has 0 saturated carbocycles. The number of hydrogen-bond donors (Lipinski definition) is 0. The topological polar surface area (TPSA) is 30.2 Å². The minimum atomic E-state index is 0.159. The van der Waals surface area contributed by atoms with Crippen LogP contribution in [0.5, 0.6) is 0 Å². The van der Waals surface area contributed by atoms with E-state index in [9.17, 15) is 4.79 Å². The summed E-state index contributed by atoms with van der Waals surface area (Å²) in [6.07, 6.45) is 5.65. The van der Waals surface area contributed by atoms with Crippen molar-refractivity contribution < 1.29 is 9.21 Å². The average Bonchev–Trinajstić information content (AvgIpc) is 2.65. The van der Waals surface area contributed by atoms with Gasteiger partial charge in [-0.15, -0.1) is 0 Å². The van der Waals surface area contributed by atoms with Crippen LogP contribution in [0.15, 0.2) is 35.0 Å². The summed E-state index contributed by atoms with van der Waals surface area (Å²) < 4.78 is 5.28. The van der Waals surface area contributed by atoms with E-state index in [0.29, 0.717) is 6.42 Å². The normalized spacial score (nSPS) is 14.7. The van der Waals surface area contributed by atoms with Crippen molar-refractivity contribution in [3.05, 3.63) is 41.7 Å². The molecule has 2 nitrogen and oxygen atoms in total. The van der Waals surface area contributed by atoms with Crippen molar-refractivity contribution in [2.45, 2.75) is 6.42 Å². The fraction of sp³-hybridized carbons (Fsp3) is 0.0833. The minimum Gasteiger partial charge on any atom is -0.464 e. The van der Waals surface area contributed by atoms with Gasteiger partial charge in [0.2, 0.25) is 0 Å². The predicted octanol–water partition coefficient (Wildman–Crippen LogP) is 2.57. The van der Waals surface area contributed by atoms with Gasteiger partial charge in [-0.3, -0.25) is 4.79 Å². The van der Waals surface area contributed by atoms with Crippen molar-refractivity contribution in [3.8, 4) is 0 Å². The van der Waals surface area contributed by atoms with Gasteiger partial charge in [-0.1, -0.05) is 12.1 Å². The van der Waals surface area contributed by atoms with Gasteiger partial charge < -0.3 is 4.42 Å². The molecule has 14 heavy (non-hydrogen) atoms. The first kappa shape index (κ1) is 7.56. The highest BCUT2D eigenvalue weighted by Crippen LogP contribution is 2.27. The summed E-state index contributed by atoms with van der Waals surface area (Å²) in [5, 5.41) is 1.06. The molecule has 0 saturated heterocycles. The maximum atomic E-state index is 11.3. The number of carbonyl (C=O) groups is 1. The molecule has 0 radical (unpaired) electrons. The molecule has 1 aliphatic carbocycles. The van der Waals surface area contributed by atoms with Crippen LogP contribution in [-0.2, 0) is 11.2 Å². The van der Waals surface area contributed by atoms with Gasteiger partial charge in [-0.05, 0) is 29.3 Å². The smallest absolute Gasteiger partial charge is 0.160 e. The lowest BCUT2D eigenvalue weighted by Gasteiger charge is -2.09. The summed E-state index contributed by atoms with van der Waals surface area (Å²) in [5.41, 5.74) is 3.06. The van der Waals surface area contributed by atoms with Gasteiger partial charge in [0.25, 0.3) is 0 Å². The summed E-state index contributed by atoms with van der Waals surface area (Å²) in [7, 11) is 0. The molecule has 0 aliphatic heterocycles. The Morgan fingerprint density at radius 3 is 3.00 bits per heavy atom. The number of hydrogen-bond acceptors (Lipinski definition) is 2. The first-order chi connectivity index (χ1) is 6.84. The highest BCUT2D eigenvalue weighted by molar-refractivity contribution is 6.02. The van der Waals surface area contributed by atoms with Crippen LogP contribution in [0.3, 0.4) is 0 Å². The highest BCUT2D eigenvalue weighted by Gasteiger charge is 2.14. The van der Waals surface area contributed by atoms with Gasteiger partial charge in [0.05, 0.1) is 6.26 Å². The molecule has 0 N–H and O–H groups in total. The van der Waals surface area contributed by atoms with E-state index < -0.39 is 0 Å². The summed E-state index contributed by atoms with van der Waals surface area (Å²) in [5.74, 6) is 0.159. The van der Waals surface area contributed by atoms with Gasteiger partial charge in [-0.2, -0.15) is 0 Å². The second-order valence-electron chi connectivity index (χ2n) is 3.44. The molecular formula is C12H8O2. The number of carbonyl (C=O) groups excluding carboxylic acids is 1. The second kappa shape index (κ2) is 2.58. The van der Waals surface area contributed by atoms with E-state index in [1.807, 2.05) is 24.3 Å². The lowest BCUT2D eigenvalue weighted by molar-refractivity contribution is -0.114. The molecular weight excluding hydrogens is 176 g/mol. The largest absolute Gasteiger partial charge is 0.464 e. The van der Waals surface area contributed by atoms with Crippen molar-refractivity contribution in [2.24, 2.45) is 0 Å². The Balaban J connectivity index is 2.39. The third-order valence-corrected chi connectivity index (χ3v) is 2.58. The van der Waals surface area contributed by atoms with E-state index in [-0.39, 0.29) is 5.78 Å². The first-order valence-corrected chi connectivity index (χ1v) is 4.54. The maximum Gasteiger partial charge on any atom is 0.160 e. The standard InChI is InChI=1S/C12H8O2/c13-9-3-1-8-2-4-12-10(5-6-14-12)11(8)7-9/h1-6H,7H2. The molecule has 0 bridgehead atoms. The zero-order valence-corrected chi connectivity index (χ0v) is 7.49. The zero-order valence-electron chi connectivity index (χ0n) is 7.49. The number of ketones is 1. The molecule has 0 spiro atoms. The fourth-order valence-electron chi connectivity index (χ4n) is 1.89. The number of benzene rings is 1. The van der Waals surface area contributed by atoms with Crippen molar-refractivity contribution in [1.29, 1.82) is 0 Å². The van der Waals surface area contributed by atoms with E-state index in [4.69, 9.17) is 4.42 Å².